The van der Waals surface area contributed by atoms with Crippen LogP contribution in [0.3, 0.4) is 0 Å². The molecule has 0 spiro atoms. The number of nitro benzene ring substituents is 2. The van der Waals surface area contributed by atoms with Crippen molar-refractivity contribution >= 4 is 17.3 Å². The maximum absolute atomic E-state index is 11.3. The number of hydrogen-bond donors (Lipinski definition) is 0. The van der Waals surface area contributed by atoms with E-state index in [0.29, 0.717) is 0 Å². The molecule has 8 heteroatoms. The lowest BCUT2D eigenvalue weighted by atomic mass is 10.0. The smallest absolute Gasteiger partial charge is 0.310 e. The van der Waals surface area contributed by atoms with Crippen LogP contribution in [0.2, 0.25) is 0 Å². The van der Waals surface area contributed by atoms with Gasteiger partial charge in [0.15, 0.2) is 0 Å². The van der Waals surface area contributed by atoms with Crippen LogP contribution in [0.25, 0.3) is 0 Å². The van der Waals surface area contributed by atoms with Gasteiger partial charge in [-0.25, -0.2) is 0 Å². The fraction of sp³-hybridized carbons (Fsp3) is 0.364. The van der Waals surface area contributed by atoms with Gasteiger partial charge in [-0.15, -0.1) is 0 Å². The van der Waals surface area contributed by atoms with Crippen LogP contribution in [0, 0.1) is 27.2 Å². The third-order valence-corrected chi connectivity index (χ3v) is 2.43. The molecule has 0 aliphatic carbocycles. The van der Waals surface area contributed by atoms with E-state index in [1.807, 2.05) is 0 Å². The number of carbonyl (C=O) groups excluding carboxylic acids is 1. The highest BCUT2D eigenvalue weighted by Crippen LogP contribution is 2.28. The zero-order chi connectivity index (χ0) is 14.6. The molecular weight excluding hydrogens is 256 g/mol. The zero-order valence-corrected chi connectivity index (χ0v) is 10.4. The molecule has 0 radical (unpaired) electrons. The lowest BCUT2D eigenvalue weighted by molar-refractivity contribution is -0.394. The summed E-state index contributed by atoms with van der Waals surface area (Å²) in [5, 5.41) is 21.6. The summed E-state index contributed by atoms with van der Waals surface area (Å²) in [5.41, 5.74) is -0.439. The molecular formula is C11H12N2O6. The molecule has 0 aromatic heterocycles. The molecule has 0 heterocycles. The van der Waals surface area contributed by atoms with Crippen LogP contribution in [0.15, 0.2) is 12.1 Å². The monoisotopic (exact) mass is 268 g/mol. The Balaban J connectivity index is 3.23. The van der Waals surface area contributed by atoms with E-state index >= 15 is 0 Å². The first-order valence-electron chi connectivity index (χ1n) is 5.44. The Morgan fingerprint density at radius 2 is 1.79 bits per heavy atom. The summed E-state index contributed by atoms with van der Waals surface area (Å²) in [6.45, 7) is 3.24. The van der Waals surface area contributed by atoms with E-state index in [0.717, 1.165) is 6.07 Å². The molecule has 0 saturated carbocycles. The van der Waals surface area contributed by atoms with E-state index in [4.69, 9.17) is 4.74 Å². The van der Waals surface area contributed by atoms with E-state index in [2.05, 4.69) is 0 Å². The molecule has 0 fully saturated rings. The van der Waals surface area contributed by atoms with Crippen molar-refractivity contribution in [3.05, 3.63) is 43.5 Å². The summed E-state index contributed by atoms with van der Waals surface area (Å²) in [6.07, 6.45) is -0.289. The van der Waals surface area contributed by atoms with Crippen molar-refractivity contribution in [1.82, 2.24) is 0 Å². The third-order valence-electron chi connectivity index (χ3n) is 2.43. The van der Waals surface area contributed by atoms with Gasteiger partial charge in [-0.1, -0.05) is 0 Å². The van der Waals surface area contributed by atoms with Crippen LogP contribution in [0.5, 0.6) is 0 Å². The highest BCUT2D eigenvalue weighted by atomic mass is 16.6. The Morgan fingerprint density at radius 3 is 2.26 bits per heavy atom. The fourth-order valence-electron chi connectivity index (χ4n) is 1.62. The number of nitrogens with zero attached hydrogens (tertiary/aromatic N) is 2. The normalized spacial score (nSPS) is 10.0. The summed E-state index contributed by atoms with van der Waals surface area (Å²) >= 11 is 0. The van der Waals surface area contributed by atoms with Crippen molar-refractivity contribution in [2.24, 2.45) is 0 Å². The van der Waals surface area contributed by atoms with Gasteiger partial charge in [0.05, 0.1) is 28.9 Å². The highest BCUT2D eigenvalue weighted by Gasteiger charge is 2.24. The van der Waals surface area contributed by atoms with Crippen LogP contribution in [0.1, 0.15) is 18.1 Å². The molecule has 1 aromatic carbocycles. The van der Waals surface area contributed by atoms with Crippen molar-refractivity contribution in [1.29, 1.82) is 0 Å². The second-order valence-corrected chi connectivity index (χ2v) is 3.76. The molecule has 0 atom stereocenters. The van der Waals surface area contributed by atoms with Gasteiger partial charge in [0.1, 0.15) is 0 Å². The number of benzene rings is 1. The van der Waals surface area contributed by atoms with Crippen molar-refractivity contribution < 1.29 is 19.4 Å². The van der Waals surface area contributed by atoms with E-state index in [9.17, 15) is 25.0 Å². The van der Waals surface area contributed by atoms with Gasteiger partial charge in [-0.05, 0) is 19.9 Å². The second-order valence-electron chi connectivity index (χ2n) is 3.76. The first-order chi connectivity index (χ1) is 8.86. The SMILES string of the molecule is CCOC(=O)Cc1cc(C)c([N+](=O)[O-])cc1[N+](=O)[O-]. The molecule has 102 valence electrons. The van der Waals surface area contributed by atoms with E-state index < -0.39 is 21.5 Å². The number of rotatable bonds is 5. The van der Waals surface area contributed by atoms with E-state index in [-0.39, 0.29) is 29.8 Å². The molecule has 0 amide bonds. The molecule has 0 aliphatic heterocycles. The summed E-state index contributed by atoms with van der Waals surface area (Å²) < 4.78 is 4.70. The van der Waals surface area contributed by atoms with Crippen LogP contribution in [-0.4, -0.2) is 22.4 Å². The molecule has 0 aliphatic rings. The minimum atomic E-state index is -0.749. The van der Waals surface area contributed by atoms with Crippen LogP contribution < -0.4 is 0 Å². The van der Waals surface area contributed by atoms with Gasteiger partial charge in [0.25, 0.3) is 11.4 Å². The maximum atomic E-state index is 11.3. The molecule has 1 rings (SSSR count). The first-order valence-corrected chi connectivity index (χ1v) is 5.44. The number of aryl methyl sites for hydroxylation is 1. The van der Waals surface area contributed by atoms with Crippen LogP contribution >= 0.6 is 0 Å². The predicted octanol–water partition coefficient (Wildman–Crippen LogP) is 1.92. The molecule has 8 nitrogen and oxygen atoms in total. The van der Waals surface area contributed by atoms with Gasteiger partial charge in [0.2, 0.25) is 0 Å². The minimum absolute atomic E-state index is 0.103. The predicted molar refractivity (Wildman–Crippen MR) is 64.8 cm³/mol. The largest absolute Gasteiger partial charge is 0.466 e. The average Bonchev–Trinajstić information content (AvgIpc) is 2.28. The maximum Gasteiger partial charge on any atom is 0.310 e. The molecule has 0 bridgehead atoms. The number of hydrogen-bond acceptors (Lipinski definition) is 6. The van der Waals surface area contributed by atoms with Crippen LogP contribution in [0.4, 0.5) is 11.4 Å². The van der Waals surface area contributed by atoms with E-state index in [1.54, 1.807) is 6.92 Å². The Bertz CT molecular complexity index is 540. The van der Waals surface area contributed by atoms with Gasteiger partial charge in [-0.2, -0.15) is 0 Å². The van der Waals surface area contributed by atoms with Gasteiger partial charge in [0, 0.05) is 11.1 Å². The Kier molecular flexibility index (Phi) is 4.51. The Labute approximate surface area is 108 Å². The third kappa shape index (κ3) is 3.47. The second kappa shape index (κ2) is 5.89. The number of esters is 1. The Morgan fingerprint density at radius 1 is 1.21 bits per heavy atom. The first kappa shape index (κ1) is 14.6. The summed E-state index contributed by atoms with van der Waals surface area (Å²) in [7, 11) is 0. The summed E-state index contributed by atoms with van der Waals surface area (Å²) in [6, 6.07) is 2.14. The van der Waals surface area contributed by atoms with Crippen molar-refractivity contribution in [3.8, 4) is 0 Å². The lowest BCUT2D eigenvalue weighted by Crippen LogP contribution is -2.10. The molecule has 0 N–H and O–H groups in total. The van der Waals surface area contributed by atoms with Gasteiger partial charge >= 0.3 is 5.97 Å². The standard InChI is InChI=1S/C11H12N2O6/c1-3-19-11(14)5-8-4-7(2)9(12(15)16)6-10(8)13(17)18/h4,6H,3,5H2,1-2H3. The summed E-state index contributed by atoms with van der Waals surface area (Å²) in [5.74, 6) is -0.612. The molecule has 1 aromatic rings. The zero-order valence-electron chi connectivity index (χ0n) is 10.4. The van der Waals surface area contributed by atoms with Crippen molar-refractivity contribution in [2.75, 3.05) is 6.61 Å². The fourth-order valence-corrected chi connectivity index (χ4v) is 1.62. The lowest BCUT2D eigenvalue weighted by Gasteiger charge is -2.05. The molecule has 0 saturated heterocycles. The quantitative estimate of drug-likeness (QED) is 0.458. The van der Waals surface area contributed by atoms with Gasteiger partial charge in [-0.3, -0.25) is 25.0 Å². The number of carbonyl (C=O) groups is 1. The van der Waals surface area contributed by atoms with Gasteiger partial charge < -0.3 is 4.74 Å². The highest BCUT2D eigenvalue weighted by molar-refractivity contribution is 5.75. The Hall–Kier alpha value is -2.51. The average molecular weight is 268 g/mol. The number of nitro groups is 2. The minimum Gasteiger partial charge on any atom is -0.466 e. The van der Waals surface area contributed by atoms with E-state index in [1.165, 1.54) is 13.0 Å². The van der Waals surface area contributed by atoms with Crippen LogP contribution in [-0.2, 0) is 16.0 Å². The molecule has 0 unspecified atom stereocenters. The van der Waals surface area contributed by atoms with Crippen molar-refractivity contribution in [2.45, 2.75) is 20.3 Å². The molecule has 19 heavy (non-hydrogen) atoms. The van der Waals surface area contributed by atoms with Crippen molar-refractivity contribution in [3.63, 3.8) is 0 Å². The number of ether oxygens (including phenoxy) is 1. The summed E-state index contributed by atoms with van der Waals surface area (Å²) in [4.78, 5) is 31.5. The topological polar surface area (TPSA) is 113 Å².